The van der Waals surface area contributed by atoms with Crippen molar-refractivity contribution in [3.63, 3.8) is 0 Å². The highest BCUT2D eigenvalue weighted by molar-refractivity contribution is 6.01. The number of ether oxygens (including phenoxy) is 2. The monoisotopic (exact) mass is 274 g/mol. The van der Waals surface area contributed by atoms with Crippen LogP contribution in [-0.2, 0) is 0 Å². The Kier molecular flexibility index (Phi) is 2.68. The van der Waals surface area contributed by atoms with Crippen molar-refractivity contribution in [3.8, 4) is 11.5 Å². The molecule has 0 atom stereocenters. The van der Waals surface area contributed by atoms with E-state index in [1.54, 1.807) is 7.11 Å². The van der Waals surface area contributed by atoms with Crippen LogP contribution in [0.2, 0.25) is 0 Å². The zero-order valence-electron chi connectivity index (χ0n) is 11.7. The van der Waals surface area contributed by atoms with Crippen LogP contribution in [0.1, 0.15) is 11.1 Å². The van der Waals surface area contributed by atoms with Gasteiger partial charge in [-0.25, -0.2) is 0 Å². The average molecular weight is 274 g/mol. The quantitative estimate of drug-likeness (QED) is 0.672. The molecule has 0 N–H and O–H groups in total. The zero-order valence-corrected chi connectivity index (χ0v) is 11.7. The van der Waals surface area contributed by atoms with Crippen LogP contribution in [0.25, 0.3) is 22.6 Å². The van der Waals surface area contributed by atoms with Crippen molar-refractivity contribution in [3.05, 3.63) is 71.8 Å². The van der Waals surface area contributed by atoms with Gasteiger partial charge in [0.1, 0.15) is 17.3 Å². The largest absolute Gasteiger partial charge is 0.497 e. The summed E-state index contributed by atoms with van der Waals surface area (Å²) in [6.07, 6.45) is 2.09. The molecule has 2 nitrogen and oxygen atoms in total. The minimum absolute atomic E-state index is 0.828. The maximum atomic E-state index is 6.10. The lowest BCUT2D eigenvalue weighted by atomic mass is 9.99. The highest BCUT2D eigenvalue weighted by atomic mass is 16.5. The van der Waals surface area contributed by atoms with Crippen LogP contribution >= 0.6 is 0 Å². The van der Waals surface area contributed by atoms with Crippen LogP contribution in [-0.4, -0.2) is 7.11 Å². The molecule has 0 fully saturated rings. The van der Waals surface area contributed by atoms with E-state index >= 15 is 0 Å². The molecule has 0 bridgehead atoms. The van der Waals surface area contributed by atoms with Gasteiger partial charge >= 0.3 is 0 Å². The standard InChI is InChI=1S/C19H14O2/c1-20-16-9-3-7-14(11-16)18-12-15-8-2-5-13-6-4-10-17(21-18)19(13)15/h2-12H,1H3. The maximum absolute atomic E-state index is 6.10. The van der Waals surface area contributed by atoms with Gasteiger partial charge in [0.25, 0.3) is 0 Å². The third-order valence-corrected chi connectivity index (χ3v) is 3.76. The van der Waals surface area contributed by atoms with Crippen molar-refractivity contribution < 1.29 is 9.47 Å². The van der Waals surface area contributed by atoms with Gasteiger partial charge in [0.2, 0.25) is 0 Å². The number of hydrogen-bond donors (Lipinski definition) is 0. The molecule has 0 saturated carbocycles. The molecule has 0 amide bonds. The highest BCUT2D eigenvalue weighted by Gasteiger charge is 2.16. The summed E-state index contributed by atoms with van der Waals surface area (Å²) in [6, 6.07) is 20.4. The Morgan fingerprint density at radius 2 is 1.71 bits per heavy atom. The first kappa shape index (κ1) is 12.0. The topological polar surface area (TPSA) is 18.5 Å². The molecule has 0 aliphatic carbocycles. The summed E-state index contributed by atoms with van der Waals surface area (Å²) in [6.45, 7) is 0. The van der Waals surface area contributed by atoms with E-state index in [0.29, 0.717) is 0 Å². The van der Waals surface area contributed by atoms with E-state index in [1.807, 2.05) is 36.4 Å². The summed E-state index contributed by atoms with van der Waals surface area (Å²) in [4.78, 5) is 0. The summed E-state index contributed by atoms with van der Waals surface area (Å²) in [5, 5.41) is 2.37. The molecular weight excluding hydrogens is 260 g/mol. The lowest BCUT2D eigenvalue weighted by Gasteiger charge is -2.19. The molecule has 3 aromatic carbocycles. The van der Waals surface area contributed by atoms with Gasteiger partial charge in [0.05, 0.1) is 7.11 Å². The van der Waals surface area contributed by atoms with E-state index in [2.05, 4.69) is 30.3 Å². The van der Waals surface area contributed by atoms with E-state index in [1.165, 1.54) is 16.3 Å². The lowest BCUT2D eigenvalue weighted by molar-refractivity contribution is 0.414. The van der Waals surface area contributed by atoms with Crippen molar-refractivity contribution in [2.45, 2.75) is 0 Å². The Labute approximate surface area is 123 Å². The highest BCUT2D eigenvalue weighted by Crippen LogP contribution is 2.38. The molecule has 0 saturated heterocycles. The summed E-state index contributed by atoms with van der Waals surface area (Å²) in [5.74, 6) is 2.58. The van der Waals surface area contributed by atoms with Gasteiger partial charge in [0, 0.05) is 10.9 Å². The molecule has 0 radical (unpaired) electrons. The fourth-order valence-corrected chi connectivity index (χ4v) is 2.75. The molecular formula is C19H14O2. The van der Waals surface area contributed by atoms with E-state index in [4.69, 9.17) is 9.47 Å². The van der Waals surface area contributed by atoms with Crippen LogP contribution < -0.4 is 9.47 Å². The predicted molar refractivity (Wildman–Crippen MR) is 85.4 cm³/mol. The van der Waals surface area contributed by atoms with Crippen molar-refractivity contribution in [2.24, 2.45) is 0 Å². The second kappa shape index (κ2) is 4.67. The van der Waals surface area contributed by atoms with Gasteiger partial charge in [-0.3, -0.25) is 0 Å². The van der Waals surface area contributed by atoms with E-state index in [9.17, 15) is 0 Å². The van der Waals surface area contributed by atoms with Gasteiger partial charge in [-0.2, -0.15) is 0 Å². The fraction of sp³-hybridized carbons (Fsp3) is 0.0526. The summed E-state index contributed by atoms with van der Waals surface area (Å²) in [5.41, 5.74) is 2.20. The second-order valence-electron chi connectivity index (χ2n) is 5.04. The number of rotatable bonds is 2. The summed E-state index contributed by atoms with van der Waals surface area (Å²) < 4.78 is 11.4. The Hall–Kier alpha value is -2.74. The Morgan fingerprint density at radius 1 is 0.905 bits per heavy atom. The maximum Gasteiger partial charge on any atom is 0.135 e. The van der Waals surface area contributed by atoms with Crippen molar-refractivity contribution in [2.75, 3.05) is 7.11 Å². The van der Waals surface area contributed by atoms with E-state index in [0.717, 1.165) is 22.8 Å². The van der Waals surface area contributed by atoms with Gasteiger partial charge in [-0.15, -0.1) is 0 Å². The molecule has 0 unspecified atom stereocenters. The average Bonchev–Trinajstić information content (AvgIpc) is 2.55. The molecule has 1 aliphatic rings. The number of methoxy groups -OCH3 is 1. The van der Waals surface area contributed by atoms with Crippen LogP contribution in [0.3, 0.4) is 0 Å². The van der Waals surface area contributed by atoms with Crippen LogP contribution in [0.5, 0.6) is 11.5 Å². The van der Waals surface area contributed by atoms with E-state index in [-0.39, 0.29) is 0 Å². The summed E-state index contributed by atoms with van der Waals surface area (Å²) >= 11 is 0. The molecule has 0 aromatic heterocycles. The first-order chi connectivity index (χ1) is 10.3. The van der Waals surface area contributed by atoms with Gasteiger partial charge < -0.3 is 9.47 Å². The second-order valence-corrected chi connectivity index (χ2v) is 5.04. The molecule has 0 spiro atoms. The Bertz CT molecular complexity index is 857. The van der Waals surface area contributed by atoms with Gasteiger partial charge in [-0.05, 0) is 35.2 Å². The predicted octanol–water partition coefficient (Wildman–Crippen LogP) is 4.74. The minimum Gasteiger partial charge on any atom is -0.497 e. The number of benzene rings is 3. The van der Waals surface area contributed by atoms with Crippen molar-refractivity contribution >= 4 is 22.6 Å². The van der Waals surface area contributed by atoms with Crippen LogP contribution in [0, 0.1) is 0 Å². The molecule has 1 aliphatic heterocycles. The molecule has 102 valence electrons. The fourth-order valence-electron chi connectivity index (χ4n) is 2.75. The normalized spacial score (nSPS) is 12.7. The minimum atomic E-state index is 0.828. The molecule has 1 heterocycles. The first-order valence-corrected chi connectivity index (χ1v) is 6.91. The number of hydrogen-bond acceptors (Lipinski definition) is 2. The zero-order chi connectivity index (χ0) is 14.2. The lowest BCUT2D eigenvalue weighted by Crippen LogP contribution is -2.01. The van der Waals surface area contributed by atoms with Crippen molar-refractivity contribution in [1.29, 1.82) is 0 Å². The Morgan fingerprint density at radius 3 is 2.57 bits per heavy atom. The summed E-state index contributed by atoms with van der Waals surface area (Å²) in [7, 11) is 1.67. The van der Waals surface area contributed by atoms with Crippen molar-refractivity contribution in [1.82, 2.24) is 0 Å². The SMILES string of the molecule is COc1cccc(C2=Cc3cccc4cccc(c34)O2)c1. The molecule has 21 heavy (non-hydrogen) atoms. The van der Waals surface area contributed by atoms with Crippen LogP contribution in [0.15, 0.2) is 60.7 Å². The Balaban J connectivity index is 1.89. The molecule has 4 rings (SSSR count). The van der Waals surface area contributed by atoms with Gasteiger partial charge in [0.15, 0.2) is 0 Å². The molecule has 2 heteroatoms. The molecule has 3 aromatic rings. The van der Waals surface area contributed by atoms with Gasteiger partial charge in [-0.1, -0.05) is 42.5 Å². The third kappa shape index (κ3) is 1.96. The third-order valence-electron chi connectivity index (χ3n) is 3.76. The smallest absolute Gasteiger partial charge is 0.135 e. The van der Waals surface area contributed by atoms with Crippen LogP contribution in [0.4, 0.5) is 0 Å². The first-order valence-electron chi connectivity index (χ1n) is 6.91. The van der Waals surface area contributed by atoms with E-state index < -0.39 is 0 Å².